The molecule has 2 aromatic heterocycles. The van der Waals surface area contributed by atoms with Gasteiger partial charge in [-0.3, -0.25) is 4.79 Å². The fourth-order valence-corrected chi connectivity index (χ4v) is 2.65. The Balaban J connectivity index is 0.00000176. The van der Waals surface area contributed by atoms with E-state index < -0.39 is 17.6 Å². The van der Waals surface area contributed by atoms with E-state index in [0.717, 1.165) is 11.1 Å². The van der Waals surface area contributed by atoms with E-state index in [2.05, 4.69) is 20.8 Å². The third-order valence-electron chi connectivity index (χ3n) is 3.89. The van der Waals surface area contributed by atoms with Gasteiger partial charge in [-0.2, -0.15) is 0 Å². The molecule has 0 radical (unpaired) electrons. The number of amides is 2. The average Bonchev–Trinajstić information content (AvgIpc) is 3.18. The van der Waals surface area contributed by atoms with E-state index >= 15 is 0 Å². The van der Waals surface area contributed by atoms with Gasteiger partial charge in [-0.1, -0.05) is 32.0 Å². The highest BCUT2D eigenvalue weighted by Gasteiger charge is 2.17. The van der Waals surface area contributed by atoms with Gasteiger partial charge >= 0.3 is 6.09 Å². The van der Waals surface area contributed by atoms with Gasteiger partial charge in [-0.25, -0.2) is 9.78 Å². The number of rotatable bonds is 6. The summed E-state index contributed by atoms with van der Waals surface area (Å²) >= 11 is 0. The van der Waals surface area contributed by atoms with Crippen LogP contribution in [0.1, 0.15) is 47.2 Å². The van der Waals surface area contributed by atoms with Gasteiger partial charge in [0.15, 0.2) is 5.58 Å². The monoisotopic (exact) mass is 442 g/mol. The Labute approximate surface area is 187 Å². The van der Waals surface area contributed by atoms with Crippen LogP contribution in [-0.4, -0.2) is 34.3 Å². The highest BCUT2D eigenvalue weighted by atomic mass is 16.6. The Morgan fingerprint density at radius 2 is 1.88 bits per heavy atom. The minimum Gasteiger partial charge on any atom is -0.444 e. The first-order valence-electron chi connectivity index (χ1n) is 10.5. The van der Waals surface area contributed by atoms with Crippen molar-refractivity contribution < 1.29 is 23.6 Å². The molecule has 3 aromatic rings. The second-order valence-corrected chi connectivity index (χ2v) is 7.50. The lowest BCUT2D eigenvalue weighted by molar-refractivity contribution is -0.115. The standard InChI is InChI=1S/C21H24N4O5.C2H6/c1-5-14-19-15(7-6-8-16(19)30-25-14)28-18-10-9-13(11-22-18)24-17(26)12-23-20(27)29-21(2,3)4;1-2/h6-11H,5,12H2,1-4H3,(H,23,27)(H,24,26);1-2H3. The van der Waals surface area contributed by atoms with Gasteiger partial charge in [0, 0.05) is 6.07 Å². The molecule has 0 saturated carbocycles. The predicted octanol–water partition coefficient (Wildman–Crippen LogP) is 5.07. The number of alkyl carbamates (subject to hydrolysis) is 1. The molecule has 9 nitrogen and oxygen atoms in total. The maximum atomic E-state index is 12.0. The highest BCUT2D eigenvalue weighted by Crippen LogP contribution is 2.32. The van der Waals surface area contributed by atoms with Crippen molar-refractivity contribution >= 4 is 28.7 Å². The number of hydrogen-bond donors (Lipinski definition) is 2. The topological polar surface area (TPSA) is 116 Å². The van der Waals surface area contributed by atoms with Crippen LogP contribution in [0.15, 0.2) is 41.1 Å². The van der Waals surface area contributed by atoms with Crippen LogP contribution in [0.4, 0.5) is 10.5 Å². The molecule has 0 saturated heterocycles. The van der Waals surface area contributed by atoms with Crippen molar-refractivity contribution in [3.63, 3.8) is 0 Å². The molecule has 0 aliphatic heterocycles. The van der Waals surface area contributed by atoms with Crippen LogP contribution in [0.5, 0.6) is 11.6 Å². The molecule has 9 heteroatoms. The fraction of sp³-hybridized carbons (Fsp3) is 0.391. The van der Waals surface area contributed by atoms with Crippen LogP contribution in [0.3, 0.4) is 0 Å². The van der Waals surface area contributed by atoms with Crippen LogP contribution in [-0.2, 0) is 16.0 Å². The van der Waals surface area contributed by atoms with Crippen LogP contribution in [0.25, 0.3) is 11.0 Å². The number of carbonyl (C=O) groups excluding carboxylic acids is 2. The number of fused-ring (bicyclic) bond motifs is 1. The van der Waals surface area contributed by atoms with Crippen LogP contribution < -0.4 is 15.4 Å². The summed E-state index contributed by atoms with van der Waals surface area (Å²) in [6, 6.07) is 8.75. The third-order valence-corrected chi connectivity index (χ3v) is 3.89. The Morgan fingerprint density at radius 3 is 2.50 bits per heavy atom. The number of hydrogen-bond acceptors (Lipinski definition) is 7. The minimum absolute atomic E-state index is 0.220. The van der Waals surface area contributed by atoms with Crippen molar-refractivity contribution in [3.05, 3.63) is 42.2 Å². The molecule has 2 amide bonds. The van der Waals surface area contributed by atoms with Crippen LogP contribution in [0.2, 0.25) is 0 Å². The Hall–Kier alpha value is -3.62. The number of ether oxygens (including phenoxy) is 2. The lowest BCUT2D eigenvalue weighted by Gasteiger charge is -2.19. The van der Waals surface area contributed by atoms with E-state index in [4.69, 9.17) is 14.0 Å². The van der Waals surface area contributed by atoms with Gasteiger partial charge in [-0.15, -0.1) is 0 Å². The van der Waals surface area contributed by atoms with Gasteiger partial charge in [-0.05, 0) is 45.4 Å². The molecule has 0 unspecified atom stereocenters. The number of nitrogens with zero attached hydrogens (tertiary/aromatic N) is 2. The summed E-state index contributed by atoms with van der Waals surface area (Å²) in [7, 11) is 0. The molecule has 0 fully saturated rings. The quantitative estimate of drug-likeness (QED) is 0.548. The summed E-state index contributed by atoms with van der Waals surface area (Å²) in [5, 5.41) is 9.90. The molecule has 0 atom stereocenters. The first kappa shape index (κ1) is 24.6. The maximum absolute atomic E-state index is 12.0. The number of nitrogens with one attached hydrogen (secondary N) is 2. The normalized spacial score (nSPS) is 10.7. The zero-order valence-corrected chi connectivity index (χ0v) is 19.3. The summed E-state index contributed by atoms with van der Waals surface area (Å²) < 4.78 is 16.3. The fourth-order valence-electron chi connectivity index (χ4n) is 2.65. The highest BCUT2D eigenvalue weighted by molar-refractivity contribution is 5.93. The molecule has 0 aliphatic rings. The van der Waals surface area contributed by atoms with E-state index in [1.807, 2.05) is 39.0 Å². The second kappa shape index (κ2) is 11.1. The van der Waals surface area contributed by atoms with E-state index in [1.165, 1.54) is 6.20 Å². The van der Waals surface area contributed by atoms with E-state index in [9.17, 15) is 9.59 Å². The molecule has 32 heavy (non-hydrogen) atoms. The molecule has 2 heterocycles. The van der Waals surface area contributed by atoms with Crippen molar-refractivity contribution in [2.24, 2.45) is 0 Å². The van der Waals surface area contributed by atoms with Crippen LogP contribution in [0, 0.1) is 0 Å². The number of carbonyl (C=O) groups is 2. The van der Waals surface area contributed by atoms with Gasteiger partial charge in [0.05, 0.1) is 23.0 Å². The van der Waals surface area contributed by atoms with Crippen molar-refractivity contribution in [3.8, 4) is 11.6 Å². The largest absolute Gasteiger partial charge is 0.444 e. The number of aryl methyl sites for hydroxylation is 1. The molecule has 172 valence electrons. The van der Waals surface area contributed by atoms with Crippen LogP contribution >= 0.6 is 0 Å². The lowest BCUT2D eigenvalue weighted by Crippen LogP contribution is -2.37. The molecular formula is C23H30N4O5. The van der Waals surface area contributed by atoms with Crippen molar-refractivity contribution in [2.75, 3.05) is 11.9 Å². The SMILES string of the molecule is CC.CCc1noc2cccc(Oc3ccc(NC(=O)CNC(=O)OC(C)(C)C)cn3)c12. The first-order valence-corrected chi connectivity index (χ1v) is 10.5. The van der Waals surface area contributed by atoms with Gasteiger partial charge in [0.2, 0.25) is 11.8 Å². The van der Waals surface area contributed by atoms with E-state index in [0.29, 0.717) is 29.3 Å². The van der Waals surface area contributed by atoms with Crippen molar-refractivity contribution in [2.45, 2.75) is 53.6 Å². The van der Waals surface area contributed by atoms with Gasteiger partial charge in [0.25, 0.3) is 0 Å². The zero-order valence-electron chi connectivity index (χ0n) is 19.3. The van der Waals surface area contributed by atoms with Crippen molar-refractivity contribution in [1.82, 2.24) is 15.5 Å². The zero-order chi connectivity index (χ0) is 23.7. The number of benzene rings is 1. The molecule has 2 N–H and O–H groups in total. The Bertz CT molecular complexity index is 1040. The Kier molecular flexibility index (Phi) is 8.57. The van der Waals surface area contributed by atoms with Gasteiger partial charge in [0.1, 0.15) is 17.9 Å². The summed E-state index contributed by atoms with van der Waals surface area (Å²) in [4.78, 5) is 27.8. The molecule has 3 rings (SSSR count). The van der Waals surface area contributed by atoms with Gasteiger partial charge < -0.3 is 24.6 Å². The molecule has 1 aromatic carbocycles. The van der Waals surface area contributed by atoms with E-state index in [-0.39, 0.29) is 6.54 Å². The number of anilines is 1. The number of aromatic nitrogens is 2. The smallest absolute Gasteiger partial charge is 0.408 e. The van der Waals surface area contributed by atoms with Crippen molar-refractivity contribution in [1.29, 1.82) is 0 Å². The molecular weight excluding hydrogens is 412 g/mol. The summed E-state index contributed by atoms with van der Waals surface area (Å²) in [6.07, 6.45) is 1.52. The first-order chi connectivity index (χ1) is 15.2. The molecule has 0 bridgehead atoms. The molecule has 0 aliphatic carbocycles. The summed E-state index contributed by atoms with van der Waals surface area (Å²) in [5.74, 6) is 0.547. The lowest BCUT2D eigenvalue weighted by atomic mass is 10.1. The maximum Gasteiger partial charge on any atom is 0.408 e. The molecule has 0 spiro atoms. The predicted molar refractivity (Wildman–Crippen MR) is 122 cm³/mol. The second-order valence-electron chi connectivity index (χ2n) is 7.50. The number of pyridine rings is 1. The summed E-state index contributed by atoms with van der Waals surface area (Å²) in [5.41, 5.74) is 1.29. The summed E-state index contributed by atoms with van der Waals surface area (Å²) in [6.45, 7) is 11.0. The third kappa shape index (κ3) is 6.97. The minimum atomic E-state index is -0.658. The Morgan fingerprint density at radius 1 is 1.12 bits per heavy atom. The van der Waals surface area contributed by atoms with E-state index in [1.54, 1.807) is 32.9 Å². The average molecular weight is 443 g/mol.